The minimum Gasteiger partial charge on any atom is -0.463 e. The quantitative estimate of drug-likeness (QED) is 0.383. The van der Waals surface area contributed by atoms with Gasteiger partial charge in [0.2, 0.25) is 0 Å². The first-order valence-corrected chi connectivity index (χ1v) is 4.72. The van der Waals surface area contributed by atoms with E-state index in [1.165, 1.54) is 5.56 Å². The van der Waals surface area contributed by atoms with E-state index in [0.717, 1.165) is 0 Å². The van der Waals surface area contributed by atoms with Crippen LogP contribution in [0.25, 0.3) is 0 Å². The fourth-order valence-electron chi connectivity index (χ4n) is 0.838. The summed E-state index contributed by atoms with van der Waals surface area (Å²) in [4.78, 5) is 0. The van der Waals surface area contributed by atoms with Crippen LogP contribution in [-0.2, 0) is 4.58 Å². The largest absolute Gasteiger partial charge is 0.463 e. The van der Waals surface area contributed by atoms with Crippen molar-refractivity contribution in [3.63, 3.8) is 0 Å². The van der Waals surface area contributed by atoms with Crippen LogP contribution < -0.4 is 5.26 Å². The normalized spacial score (nSPS) is 8.93. The summed E-state index contributed by atoms with van der Waals surface area (Å²) < 4.78 is 3.42. The molecule has 14 heavy (non-hydrogen) atoms. The first-order valence-electron chi connectivity index (χ1n) is 4.72. The molecule has 0 spiro atoms. The van der Waals surface area contributed by atoms with Crippen LogP contribution in [0.15, 0.2) is 30.3 Å². The maximum atomic E-state index is 9.09. The Balaban J connectivity index is 0.000000292. The summed E-state index contributed by atoms with van der Waals surface area (Å²) in [6.45, 7) is 7.62. The molecule has 0 aromatic heterocycles. The van der Waals surface area contributed by atoms with E-state index in [1.807, 2.05) is 6.07 Å². The third-order valence-electron chi connectivity index (χ3n) is 1.63. The minimum absolute atomic E-state index is 0.449. The van der Waals surface area contributed by atoms with E-state index in [4.69, 9.17) is 5.26 Å². The van der Waals surface area contributed by atoms with Crippen molar-refractivity contribution in [2.45, 2.75) is 33.6 Å². The SMILES string of the molecule is CC(C)=[O+][O-].CC(C)c1ccccc1. The van der Waals surface area contributed by atoms with E-state index in [-0.39, 0.29) is 0 Å². The highest BCUT2D eigenvalue weighted by molar-refractivity contribution is 5.72. The number of carbonyl (C=O) groups excluding carboxylic acids is 1. The van der Waals surface area contributed by atoms with Gasteiger partial charge in [-0.2, -0.15) is 4.58 Å². The lowest BCUT2D eigenvalue weighted by molar-refractivity contribution is -1.05. The molecule has 2 heteroatoms. The lowest BCUT2D eigenvalue weighted by atomic mass is 10.0. The van der Waals surface area contributed by atoms with Gasteiger partial charge in [-0.05, 0) is 11.5 Å². The van der Waals surface area contributed by atoms with Gasteiger partial charge < -0.3 is 5.26 Å². The Hall–Kier alpha value is -1.31. The van der Waals surface area contributed by atoms with Gasteiger partial charge in [0, 0.05) is 0 Å². The Labute approximate surface area is 85.8 Å². The van der Waals surface area contributed by atoms with Crippen LogP contribution in [0.4, 0.5) is 0 Å². The summed E-state index contributed by atoms with van der Waals surface area (Å²) in [5.41, 5.74) is 1.41. The summed E-state index contributed by atoms with van der Waals surface area (Å²) in [5.74, 6) is 1.11. The van der Waals surface area contributed by atoms with Crippen LogP contribution in [0.2, 0.25) is 0 Å². The summed E-state index contributed by atoms with van der Waals surface area (Å²) in [6, 6.07) is 10.5. The van der Waals surface area contributed by atoms with Gasteiger partial charge in [0.15, 0.2) is 0 Å². The second-order valence-corrected chi connectivity index (χ2v) is 3.56. The monoisotopic (exact) mass is 194 g/mol. The van der Waals surface area contributed by atoms with Crippen molar-refractivity contribution in [1.29, 1.82) is 0 Å². The maximum Gasteiger partial charge on any atom is 0.323 e. The van der Waals surface area contributed by atoms with E-state index in [9.17, 15) is 0 Å². The van der Waals surface area contributed by atoms with Gasteiger partial charge in [-0.15, -0.1) is 0 Å². The molecule has 0 amide bonds. The average Bonchev–Trinajstić information content (AvgIpc) is 2.20. The van der Waals surface area contributed by atoms with Crippen molar-refractivity contribution >= 4 is 5.78 Å². The molecule has 0 saturated heterocycles. The standard InChI is InChI=1S/C9H12.C3H6O2/c1-8(2)9-6-4-3-5-7-9;1-3(2)5-4/h3-8H,1-2H3;1-2H3. The molecule has 0 radical (unpaired) electrons. The molecule has 1 aromatic rings. The molecular formula is C12H18O2. The van der Waals surface area contributed by atoms with Crippen molar-refractivity contribution < 1.29 is 9.83 Å². The zero-order chi connectivity index (χ0) is 11.0. The lowest BCUT2D eigenvalue weighted by Gasteiger charge is -2.01. The Morgan fingerprint density at radius 1 is 1.14 bits per heavy atom. The summed E-state index contributed by atoms with van der Waals surface area (Å²) in [7, 11) is 0. The predicted molar refractivity (Wildman–Crippen MR) is 56.9 cm³/mol. The maximum absolute atomic E-state index is 9.09. The fourth-order valence-corrected chi connectivity index (χ4v) is 0.838. The van der Waals surface area contributed by atoms with E-state index in [1.54, 1.807) is 13.8 Å². The average molecular weight is 194 g/mol. The molecule has 2 nitrogen and oxygen atoms in total. The highest BCUT2D eigenvalue weighted by Gasteiger charge is 1.93. The molecular weight excluding hydrogens is 176 g/mol. The molecule has 1 aromatic carbocycles. The van der Waals surface area contributed by atoms with Crippen molar-refractivity contribution in [2.75, 3.05) is 0 Å². The minimum atomic E-state index is 0.449. The molecule has 0 atom stereocenters. The number of hydrogen-bond donors (Lipinski definition) is 0. The molecule has 0 fully saturated rings. The van der Waals surface area contributed by atoms with Crippen LogP contribution in [0.1, 0.15) is 39.2 Å². The number of benzene rings is 1. The molecule has 0 saturated carbocycles. The molecule has 0 N–H and O–H groups in total. The summed E-state index contributed by atoms with van der Waals surface area (Å²) in [6.07, 6.45) is 0. The number of hydrogen-bond acceptors (Lipinski definition) is 1. The van der Waals surface area contributed by atoms with Crippen LogP contribution in [0.3, 0.4) is 0 Å². The van der Waals surface area contributed by atoms with Gasteiger partial charge in [0.05, 0.1) is 13.8 Å². The van der Waals surface area contributed by atoms with Crippen molar-refractivity contribution in [2.24, 2.45) is 0 Å². The van der Waals surface area contributed by atoms with E-state index in [2.05, 4.69) is 42.7 Å². The highest BCUT2D eigenvalue weighted by Crippen LogP contribution is 2.11. The molecule has 0 aliphatic heterocycles. The topological polar surface area (TPSA) is 34.4 Å². The second-order valence-electron chi connectivity index (χ2n) is 3.56. The van der Waals surface area contributed by atoms with E-state index >= 15 is 0 Å². The Morgan fingerprint density at radius 2 is 1.57 bits per heavy atom. The van der Waals surface area contributed by atoms with Crippen molar-refractivity contribution in [1.82, 2.24) is 0 Å². The van der Waals surface area contributed by atoms with Crippen molar-refractivity contribution in [3.05, 3.63) is 35.9 Å². The first kappa shape index (κ1) is 12.7. The predicted octanol–water partition coefficient (Wildman–Crippen LogP) is 2.22. The molecule has 0 heterocycles. The molecule has 0 unspecified atom stereocenters. The van der Waals surface area contributed by atoms with Crippen LogP contribution in [0.5, 0.6) is 0 Å². The summed E-state index contributed by atoms with van der Waals surface area (Å²) in [5, 5.41) is 9.09. The third-order valence-corrected chi connectivity index (χ3v) is 1.63. The van der Waals surface area contributed by atoms with E-state index < -0.39 is 0 Å². The first-order chi connectivity index (χ1) is 6.57. The molecule has 78 valence electrons. The Morgan fingerprint density at radius 3 is 1.79 bits per heavy atom. The molecule has 0 aliphatic rings. The van der Waals surface area contributed by atoms with Crippen LogP contribution >= 0.6 is 0 Å². The fraction of sp³-hybridized carbons (Fsp3) is 0.417. The van der Waals surface area contributed by atoms with Gasteiger partial charge in [0.25, 0.3) is 0 Å². The molecule has 0 bridgehead atoms. The zero-order valence-electron chi connectivity index (χ0n) is 9.28. The Bertz CT molecular complexity index is 259. The van der Waals surface area contributed by atoms with Gasteiger partial charge in [-0.25, -0.2) is 0 Å². The molecule has 0 aliphatic carbocycles. The second kappa shape index (κ2) is 7.13. The molecule has 1 rings (SSSR count). The van der Waals surface area contributed by atoms with Crippen molar-refractivity contribution in [3.8, 4) is 0 Å². The van der Waals surface area contributed by atoms with Gasteiger partial charge in [-0.1, -0.05) is 44.2 Å². The van der Waals surface area contributed by atoms with Gasteiger partial charge in [0.1, 0.15) is 0 Å². The summed E-state index contributed by atoms with van der Waals surface area (Å²) >= 11 is 0. The van der Waals surface area contributed by atoms with Gasteiger partial charge in [-0.3, -0.25) is 0 Å². The zero-order valence-corrected chi connectivity index (χ0v) is 9.28. The van der Waals surface area contributed by atoms with Crippen LogP contribution in [-0.4, -0.2) is 5.78 Å². The number of rotatable bonds is 1. The van der Waals surface area contributed by atoms with Crippen LogP contribution in [0, 0.1) is 0 Å². The third kappa shape index (κ3) is 6.23. The Kier molecular flexibility index (Phi) is 6.46. The lowest BCUT2D eigenvalue weighted by Crippen LogP contribution is -2.00. The highest BCUT2D eigenvalue weighted by atomic mass is 17.1. The van der Waals surface area contributed by atoms with Gasteiger partial charge >= 0.3 is 5.78 Å². The smallest absolute Gasteiger partial charge is 0.323 e. The number of ketones is 1. The van der Waals surface area contributed by atoms with E-state index in [0.29, 0.717) is 11.7 Å².